The van der Waals surface area contributed by atoms with Gasteiger partial charge in [0, 0.05) is 22.9 Å². The number of hydrogen-bond acceptors (Lipinski definition) is 6. The molecule has 0 atom stereocenters. The summed E-state index contributed by atoms with van der Waals surface area (Å²) in [6.07, 6.45) is 5.22. The molecule has 0 unspecified atom stereocenters. The van der Waals surface area contributed by atoms with Crippen molar-refractivity contribution < 1.29 is 0 Å². The van der Waals surface area contributed by atoms with E-state index in [0.717, 1.165) is 34.8 Å². The second-order valence-corrected chi connectivity index (χ2v) is 8.09. The Kier molecular flexibility index (Phi) is 3.89. The van der Waals surface area contributed by atoms with Crippen LogP contribution in [-0.2, 0) is 26.4 Å². The Morgan fingerprint density at radius 3 is 2.78 bits per heavy atom. The highest BCUT2D eigenvalue weighted by Gasteiger charge is 2.23. The second-order valence-electron chi connectivity index (χ2n) is 7.01. The van der Waals surface area contributed by atoms with E-state index < -0.39 is 0 Å². The fraction of sp³-hybridized carbons (Fsp3) is 0.300. The van der Waals surface area contributed by atoms with Crippen molar-refractivity contribution in [1.82, 2.24) is 24.7 Å². The van der Waals surface area contributed by atoms with Crippen molar-refractivity contribution in [3.8, 4) is 11.3 Å². The van der Waals surface area contributed by atoms with Crippen LogP contribution in [0, 0.1) is 6.92 Å². The molecule has 0 saturated carbocycles. The van der Waals surface area contributed by atoms with Gasteiger partial charge >= 0.3 is 0 Å². The topological polar surface area (TPSA) is 68.5 Å². The second kappa shape index (κ2) is 6.42. The molecular weight excluding hydrogens is 356 g/mol. The van der Waals surface area contributed by atoms with Gasteiger partial charge in [-0.2, -0.15) is 0 Å². The number of aryl methyl sites for hydroxylation is 4. The van der Waals surface area contributed by atoms with Crippen LogP contribution in [0.2, 0.25) is 0 Å². The number of rotatable bonds is 4. The minimum Gasteiger partial charge on any atom is -0.347 e. The predicted octanol–water partition coefficient (Wildman–Crippen LogP) is 3.90. The first-order chi connectivity index (χ1) is 13.2. The van der Waals surface area contributed by atoms with Crippen LogP contribution >= 0.6 is 11.3 Å². The number of fused-ring (bicyclic) bond motifs is 3. The van der Waals surface area contributed by atoms with Crippen LogP contribution in [0.4, 0.5) is 5.95 Å². The Balaban J connectivity index is 1.61. The van der Waals surface area contributed by atoms with E-state index in [-0.39, 0.29) is 0 Å². The molecule has 1 N–H and O–H groups in total. The van der Waals surface area contributed by atoms with Gasteiger partial charge in [0.1, 0.15) is 11.2 Å². The summed E-state index contributed by atoms with van der Waals surface area (Å²) in [4.78, 5) is 12.3. The molecular formula is C20H20N6S. The zero-order chi connectivity index (χ0) is 18.4. The maximum atomic E-state index is 4.91. The van der Waals surface area contributed by atoms with Crippen LogP contribution in [0.15, 0.2) is 30.6 Å². The highest BCUT2D eigenvalue weighted by Crippen LogP contribution is 2.41. The molecule has 0 bridgehead atoms. The average molecular weight is 376 g/mol. The number of anilines is 1. The van der Waals surface area contributed by atoms with E-state index in [1.165, 1.54) is 27.8 Å². The third kappa shape index (κ3) is 2.88. The summed E-state index contributed by atoms with van der Waals surface area (Å²) >= 11 is 1.81. The van der Waals surface area contributed by atoms with E-state index in [1.54, 1.807) is 6.33 Å². The van der Waals surface area contributed by atoms with E-state index in [2.05, 4.69) is 46.7 Å². The molecule has 0 amide bonds. The van der Waals surface area contributed by atoms with E-state index in [1.807, 2.05) is 23.0 Å². The fourth-order valence-corrected chi connectivity index (χ4v) is 4.88. The highest BCUT2D eigenvalue weighted by atomic mass is 32.1. The summed E-state index contributed by atoms with van der Waals surface area (Å²) in [5, 5.41) is 12.6. The number of nitrogens with zero attached hydrogens (tertiary/aromatic N) is 5. The molecule has 1 aliphatic carbocycles. The first-order valence-corrected chi connectivity index (χ1v) is 9.97. The van der Waals surface area contributed by atoms with E-state index in [0.29, 0.717) is 12.5 Å². The normalized spacial score (nSPS) is 13.3. The summed E-state index contributed by atoms with van der Waals surface area (Å²) in [7, 11) is 1.93. The van der Waals surface area contributed by atoms with Crippen LogP contribution in [0.25, 0.3) is 21.5 Å². The van der Waals surface area contributed by atoms with Gasteiger partial charge < -0.3 is 9.88 Å². The quantitative estimate of drug-likeness (QED) is 0.585. The number of aromatic nitrogens is 5. The summed E-state index contributed by atoms with van der Waals surface area (Å²) in [6.45, 7) is 2.65. The van der Waals surface area contributed by atoms with Crippen molar-refractivity contribution >= 4 is 27.5 Å². The molecule has 3 heterocycles. The van der Waals surface area contributed by atoms with E-state index in [9.17, 15) is 0 Å². The lowest BCUT2D eigenvalue weighted by atomic mass is 10.0. The van der Waals surface area contributed by atoms with Crippen LogP contribution in [0.3, 0.4) is 0 Å². The lowest BCUT2D eigenvalue weighted by molar-refractivity contribution is 0.808. The number of nitrogens with one attached hydrogen (secondary N) is 1. The Morgan fingerprint density at radius 1 is 1.15 bits per heavy atom. The van der Waals surface area contributed by atoms with Crippen LogP contribution in [0.5, 0.6) is 0 Å². The van der Waals surface area contributed by atoms with Gasteiger partial charge in [-0.15, -0.1) is 21.5 Å². The van der Waals surface area contributed by atoms with Gasteiger partial charge in [-0.3, -0.25) is 0 Å². The van der Waals surface area contributed by atoms with Gasteiger partial charge in [0.25, 0.3) is 0 Å². The molecule has 4 aromatic rings. The Hall–Kier alpha value is -2.80. The van der Waals surface area contributed by atoms with Gasteiger partial charge in [-0.05, 0) is 31.7 Å². The zero-order valence-electron chi connectivity index (χ0n) is 15.4. The van der Waals surface area contributed by atoms with Crippen LogP contribution in [0.1, 0.15) is 28.2 Å². The Labute approximate surface area is 161 Å². The Morgan fingerprint density at radius 2 is 2.00 bits per heavy atom. The van der Waals surface area contributed by atoms with Gasteiger partial charge in [0.2, 0.25) is 5.95 Å². The number of benzene rings is 1. The molecule has 1 aliphatic rings. The smallest absolute Gasteiger partial charge is 0.225 e. The average Bonchev–Trinajstić information content (AvgIpc) is 3.36. The maximum Gasteiger partial charge on any atom is 0.225 e. The molecule has 0 spiro atoms. The standard InChI is InChI=1S/C20H20N6S/c1-12-6-8-13(9-7-12)18-17-14-4-3-5-15(14)27-19(17)24-20(23-18)21-10-16-25-22-11-26(16)2/h6-9,11H,3-5,10H2,1-2H3,(H,21,23,24). The van der Waals surface area contributed by atoms with Crippen molar-refractivity contribution in [1.29, 1.82) is 0 Å². The van der Waals surface area contributed by atoms with Crippen molar-refractivity contribution in [2.45, 2.75) is 32.7 Å². The summed E-state index contributed by atoms with van der Waals surface area (Å²) in [6, 6.07) is 8.59. The maximum absolute atomic E-state index is 4.91. The third-order valence-corrected chi connectivity index (χ3v) is 6.29. The predicted molar refractivity (Wildman–Crippen MR) is 108 cm³/mol. The molecule has 0 saturated heterocycles. The summed E-state index contributed by atoms with van der Waals surface area (Å²) < 4.78 is 1.89. The van der Waals surface area contributed by atoms with Gasteiger partial charge in [0.05, 0.1) is 12.2 Å². The van der Waals surface area contributed by atoms with Gasteiger partial charge in [-0.1, -0.05) is 29.8 Å². The molecule has 0 aliphatic heterocycles. The fourth-order valence-electron chi connectivity index (χ4n) is 3.62. The first-order valence-electron chi connectivity index (χ1n) is 9.15. The minimum atomic E-state index is 0.542. The molecule has 1 aromatic carbocycles. The van der Waals surface area contributed by atoms with Crippen molar-refractivity contribution in [3.63, 3.8) is 0 Å². The first kappa shape index (κ1) is 16.4. The highest BCUT2D eigenvalue weighted by molar-refractivity contribution is 7.19. The molecule has 136 valence electrons. The Bertz CT molecular complexity index is 1130. The van der Waals surface area contributed by atoms with E-state index in [4.69, 9.17) is 9.97 Å². The molecule has 3 aromatic heterocycles. The van der Waals surface area contributed by atoms with Crippen molar-refractivity contribution in [2.75, 3.05) is 5.32 Å². The third-order valence-electron chi connectivity index (χ3n) is 5.10. The lowest BCUT2D eigenvalue weighted by Crippen LogP contribution is -2.08. The van der Waals surface area contributed by atoms with Crippen LogP contribution < -0.4 is 5.32 Å². The SMILES string of the molecule is Cc1ccc(-c2nc(NCc3nncn3C)nc3sc4c(c23)CCC4)cc1. The van der Waals surface area contributed by atoms with Crippen molar-refractivity contribution in [3.05, 3.63) is 52.4 Å². The molecule has 0 radical (unpaired) electrons. The van der Waals surface area contributed by atoms with Crippen molar-refractivity contribution in [2.24, 2.45) is 7.05 Å². The molecule has 27 heavy (non-hydrogen) atoms. The number of hydrogen-bond donors (Lipinski definition) is 1. The monoisotopic (exact) mass is 376 g/mol. The van der Waals surface area contributed by atoms with E-state index >= 15 is 0 Å². The molecule has 0 fully saturated rings. The van der Waals surface area contributed by atoms with Gasteiger partial charge in [0.15, 0.2) is 5.82 Å². The lowest BCUT2D eigenvalue weighted by Gasteiger charge is -2.10. The minimum absolute atomic E-state index is 0.542. The molecule has 6 nitrogen and oxygen atoms in total. The van der Waals surface area contributed by atoms with Gasteiger partial charge in [-0.25, -0.2) is 9.97 Å². The zero-order valence-corrected chi connectivity index (χ0v) is 16.2. The molecule has 5 rings (SSSR count). The number of thiophene rings is 1. The molecule has 7 heteroatoms. The summed E-state index contributed by atoms with van der Waals surface area (Å²) in [5.41, 5.74) is 4.87. The largest absolute Gasteiger partial charge is 0.347 e. The summed E-state index contributed by atoms with van der Waals surface area (Å²) in [5.74, 6) is 1.49. The van der Waals surface area contributed by atoms with Crippen LogP contribution in [-0.4, -0.2) is 24.7 Å².